The summed E-state index contributed by atoms with van der Waals surface area (Å²) in [6.07, 6.45) is 3.28. The molecule has 84 valence electrons. The average molecular weight is 221 g/mol. The molecule has 0 aliphatic heterocycles. The molecule has 1 amide bonds. The Kier molecular flexibility index (Phi) is 2.95. The van der Waals surface area contributed by atoms with Crippen molar-refractivity contribution < 1.29 is 9.21 Å². The lowest BCUT2D eigenvalue weighted by Gasteiger charge is -2.01. The summed E-state index contributed by atoms with van der Waals surface area (Å²) in [5.74, 6) is 0.710. The van der Waals surface area contributed by atoms with Gasteiger partial charge in [0.15, 0.2) is 6.39 Å². The predicted molar refractivity (Wildman–Crippen MR) is 53.7 cm³/mol. The fourth-order valence-electron chi connectivity index (χ4n) is 1.25. The first-order chi connectivity index (χ1) is 7.77. The summed E-state index contributed by atoms with van der Waals surface area (Å²) in [5.41, 5.74) is 0.581. The fraction of sp³-hybridized carbons (Fsp3) is 0.333. The molecular weight excluding hydrogens is 210 g/mol. The second-order valence-electron chi connectivity index (χ2n) is 3.20. The summed E-state index contributed by atoms with van der Waals surface area (Å²) in [5, 5.41) is 9.12. The predicted octanol–water partition coefficient (Wildman–Crippen LogP) is 0.0736. The lowest BCUT2D eigenvalue weighted by Crippen LogP contribution is -2.26. The third kappa shape index (κ3) is 2.25. The number of H-pyrrole nitrogens is 1. The Labute approximate surface area is 91.3 Å². The first-order valence-corrected chi connectivity index (χ1v) is 4.80. The molecule has 0 atom stereocenters. The molecule has 0 fully saturated rings. The number of aromatic amines is 1. The van der Waals surface area contributed by atoms with Crippen LogP contribution in [0, 0.1) is 6.92 Å². The number of carbonyl (C=O) groups is 1. The van der Waals surface area contributed by atoms with Crippen LogP contribution in [0.5, 0.6) is 0 Å². The summed E-state index contributed by atoms with van der Waals surface area (Å²) in [4.78, 5) is 19.3. The maximum Gasteiger partial charge on any atom is 0.289 e. The lowest BCUT2D eigenvalue weighted by molar-refractivity contribution is 0.0925. The first kappa shape index (κ1) is 10.3. The van der Waals surface area contributed by atoms with Crippen molar-refractivity contribution in [3.63, 3.8) is 0 Å². The number of rotatable bonds is 4. The van der Waals surface area contributed by atoms with Gasteiger partial charge in [0.05, 0.1) is 5.69 Å². The second kappa shape index (κ2) is 4.56. The van der Waals surface area contributed by atoms with Gasteiger partial charge in [-0.2, -0.15) is 5.10 Å². The molecule has 16 heavy (non-hydrogen) atoms. The minimum absolute atomic E-state index is 0.248. The summed E-state index contributed by atoms with van der Waals surface area (Å²) < 4.78 is 4.95. The van der Waals surface area contributed by atoms with E-state index in [0.29, 0.717) is 18.7 Å². The van der Waals surface area contributed by atoms with Crippen molar-refractivity contribution in [1.82, 2.24) is 25.5 Å². The van der Waals surface area contributed by atoms with Crippen molar-refractivity contribution in [2.45, 2.75) is 13.3 Å². The van der Waals surface area contributed by atoms with Gasteiger partial charge in [0.1, 0.15) is 12.2 Å². The summed E-state index contributed by atoms with van der Waals surface area (Å²) in [6, 6.07) is 0. The van der Waals surface area contributed by atoms with Gasteiger partial charge in [-0.25, -0.2) is 9.97 Å². The summed E-state index contributed by atoms with van der Waals surface area (Å²) in [7, 11) is 0. The number of carbonyl (C=O) groups excluding carboxylic acids is 1. The molecule has 0 unspecified atom stereocenters. The van der Waals surface area contributed by atoms with Crippen LogP contribution in [0.2, 0.25) is 0 Å². The van der Waals surface area contributed by atoms with Crippen LogP contribution in [-0.2, 0) is 6.42 Å². The van der Waals surface area contributed by atoms with E-state index in [0.717, 1.165) is 5.82 Å². The van der Waals surface area contributed by atoms with Crippen LogP contribution in [0.4, 0.5) is 0 Å². The van der Waals surface area contributed by atoms with Crippen molar-refractivity contribution in [1.29, 1.82) is 0 Å². The molecule has 0 radical (unpaired) electrons. The molecule has 2 aromatic rings. The van der Waals surface area contributed by atoms with Crippen molar-refractivity contribution in [2.75, 3.05) is 6.54 Å². The Morgan fingerprint density at radius 1 is 1.56 bits per heavy atom. The Balaban J connectivity index is 1.83. The minimum atomic E-state index is -0.269. The van der Waals surface area contributed by atoms with E-state index >= 15 is 0 Å². The maximum atomic E-state index is 11.6. The second-order valence-corrected chi connectivity index (χ2v) is 3.20. The quantitative estimate of drug-likeness (QED) is 0.761. The van der Waals surface area contributed by atoms with Gasteiger partial charge in [-0.1, -0.05) is 0 Å². The molecule has 0 spiro atoms. The van der Waals surface area contributed by atoms with Gasteiger partial charge in [0, 0.05) is 13.0 Å². The Hall–Kier alpha value is -2.18. The largest absolute Gasteiger partial charge is 0.438 e. The fourth-order valence-corrected chi connectivity index (χ4v) is 1.25. The normalized spacial score (nSPS) is 10.3. The molecule has 0 saturated heterocycles. The Morgan fingerprint density at radius 3 is 3.06 bits per heavy atom. The topological polar surface area (TPSA) is 96.7 Å². The molecule has 0 aliphatic rings. The highest BCUT2D eigenvalue weighted by molar-refractivity contribution is 5.92. The van der Waals surface area contributed by atoms with Gasteiger partial charge >= 0.3 is 0 Å². The van der Waals surface area contributed by atoms with E-state index in [4.69, 9.17) is 4.42 Å². The number of oxazole rings is 1. The van der Waals surface area contributed by atoms with E-state index < -0.39 is 0 Å². The zero-order valence-corrected chi connectivity index (χ0v) is 8.73. The molecule has 2 aromatic heterocycles. The number of amides is 1. The number of hydrogen-bond acceptors (Lipinski definition) is 5. The zero-order chi connectivity index (χ0) is 11.4. The number of nitrogens with zero attached hydrogens (tertiary/aromatic N) is 3. The molecule has 0 aromatic carbocycles. The number of aryl methyl sites for hydroxylation is 1. The highest BCUT2D eigenvalue weighted by Gasteiger charge is 2.12. The Morgan fingerprint density at radius 2 is 2.44 bits per heavy atom. The molecular formula is C9H11N5O2. The smallest absolute Gasteiger partial charge is 0.289 e. The third-order valence-electron chi connectivity index (χ3n) is 2.06. The van der Waals surface area contributed by atoms with Crippen LogP contribution in [0.3, 0.4) is 0 Å². The summed E-state index contributed by atoms with van der Waals surface area (Å²) in [6.45, 7) is 2.18. The molecule has 7 nitrogen and oxygen atoms in total. The van der Waals surface area contributed by atoms with Crippen LogP contribution >= 0.6 is 0 Å². The van der Waals surface area contributed by atoms with Gasteiger partial charge in [-0.05, 0) is 6.92 Å². The maximum absolute atomic E-state index is 11.6. The van der Waals surface area contributed by atoms with Crippen LogP contribution in [0.15, 0.2) is 17.1 Å². The van der Waals surface area contributed by atoms with Crippen molar-refractivity contribution >= 4 is 5.91 Å². The van der Waals surface area contributed by atoms with Crippen LogP contribution in [0.25, 0.3) is 0 Å². The van der Waals surface area contributed by atoms with Crippen molar-refractivity contribution in [3.05, 3.63) is 30.0 Å². The zero-order valence-electron chi connectivity index (χ0n) is 8.73. The van der Waals surface area contributed by atoms with Crippen molar-refractivity contribution in [3.8, 4) is 0 Å². The van der Waals surface area contributed by atoms with Gasteiger partial charge in [0.25, 0.3) is 5.91 Å². The highest BCUT2D eigenvalue weighted by Crippen LogP contribution is 2.03. The molecule has 0 aliphatic carbocycles. The molecule has 2 N–H and O–H groups in total. The van der Waals surface area contributed by atoms with E-state index in [2.05, 4.69) is 25.5 Å². The van der Waals surface area contributed by atoms with Gasteiger partial charge in [0.2, 0.25) is 5.76 Å². The number of hydrogen-bond donors (Lipinski definition) is 2. The lowest BCUT2D eigenvalue weighted by atomic mass is 10.3. The van der Waals surface area contributed by atoms with E-state index in [1.807, 2.05) is 0 Å². The Bertz CT molecular complexity index is 462. The highest BCUT2D eigenvalue weighted by atomic mass is 16.3. The third-order valence-corrected chi connectivity index (χ3v) is 2.06. The molecule has 0 saturated carbocycles. The van der Waals surface area contributed by atoms with Gasteiger partial charge in [-0.15, -0.1) is 0 Å². The number of nitrogens with one attached hydrogen (secondary N) is 2. The van der Waals surface area contributed by atoms with Crippen LogP contribution < -0.4 is 5.32 Å². The minimum Gasteiger partial charge on any atom is -0.438 e. The van der Waals surface area contributed by atoms with Crippen molar-refractivity contribution in [2.24, 2.45) is 0 Å². The average Bonchev–Trinajstić information content (AvgIpc) is 2.88. The van der Waals surface area contributed by atoms with E-state index in [1.54, 1.807) is 6.92 Å². The summed E-state index contributed by atoms with van der Waals surface area (Å²) >= 11 is 0. The van der Waals surface area contributed by atoms with Crippen LogP contribution in [-0.4, -0.2) is 32.6 Å². The van der Waals surface area contributed by atoms with Gasteiger partial charge < -0.3 is 9.73 Å². The SMILES string of the molecule is Cc1ncoc1C(=O)NCCc1ncn[nH]1. The standard InChI is InChI=1S/C9H11N5O2/c1-6-8(16-5-12-6)9(15)10-3-2-7-11-4-13-14-7/h4-5H,2-3H2,1H3,(H,10,15)(H,11,13,14). The van der Waals surface area contributed by atoms with E-state index in [1.165, 1.54) is 12.7 Å². The molecule has 2 heterocycles. The molecule has 0 bridgehead atoms. The molecule has 2 rings (SSSR count). The first-order valence-electron chi connectivity index (χ1n) is 4.80. The number of aromatic nitrogens is 4. The monoisotopic (exact) mass is 221 g/mol. The van der Waals surface area contributed by atoms with E-state index in [9.17, 15) is 4.79 Å². The van der Waals surface area contributed by atoms with Gasteiger partial charge in [-0.3, -0.25) is 9.89 Å². The van der Waals surface area contributed by atoms with Crippen LogP contribution in [0.1, 0.15) is 22.1 Å². The van der Waals surface area contributed by atoms with E-state index in [-0.39, 0.29) is 11.7 Å². The molecule has 7 heteroatoms.